The molecule has 2 amide bonds. The van der Waals surface area contributed by atoms with Gasteiger partial charge in [-0.2, -0.15) is 0 Å². The summed E-state index contributed by atoms with van der Waals surface area (Å²) in [6, 6.07) is 15.4. The predicted molar refractivity (Wildman–Crippen MR) is 120 cm³/mol. The minimum atomic E-state index is -0.0905. The van der Waals surface area contributed by atoms with Gasteiger partial charge in [0.15, 0.2) is 5.96 Å². The molecule has 0 aromatic heterocycles. The zero-order valence-corrected chi connectivity index (χ0v) is 17.5. The molecular formula is C23H29N5O2. The maximum atomic E-state index is 12.2. The maximum Gasteiger partial charge on any atom is 0.251 e. The molecule has 0 aliphatic carbocycles. The van der Waals surface area contributed by atoms with Crippen molar-refractivity contribution in [2.45, 2.75) is 26.2 Å². The molecule has 7 nitrogen and oxygen atoms in total. The van der Waals surface area contributed by atoms with Crippen LogP contribution in [-0.2, 0) is 4.79 Å². The molecular weight excluding hydrogens is 378 g/mol. The van der Waals surface area contributed by atoms with Gasteiger partial charge in [0.2, 0.25) is 5.91 Å². The summed E-state index contributed by atoms with van der Waals surface area (Å²) in [4.78, 5) is 28.9. The van der Waals surface area contributed by atoms with Gasteiger partial charge in [0.25, 0.3) is 5.91 Å². The molecule has 0 saturated carbocycles. The van der Waals surface area contributed by atoms with Crippen LogP contribution in [0.5, 0.6) is 0 Å². The molecule has 0 radical (unpaired) electrons. The Morgan fingerprint density at radius 1 is 1.10 bits per heavy atom. The number of benzene rings is 2. The monoisotopic (exact) mass is 407 g/mol. The summed E-state index contributed by atoms with van der Waals surface area (Å²) in [6.07, 6.45) is 0.423. The van der Waals surface area contributed by atoms with Crippen LogP contribution in [0.4, 0.5) is 5.69 Å². The highest BCUT2D eigenvalue weighted by Crippen LogP contribution is 2.31. The number of hydrogen-bond donors (Lipinski definition) is 4. The van der Waals surface area contributed by atoms with Crippen LogP contribution in [0.15, 0.2) is 53.5 Å². The summed E-state index contributed by atoms with van der Waals surface area (Å²) in [5.41, 5.74) is 3.69. The highest BCUT2D eigenvalue weighted by molar-refractivity contribution is 5.95. The first-order valence-electron chi connectivity index (χ1n) is 10.3. The van der Waals surface area contributed by atoms with Gasteiger partial charge >= 0.3 is 0 Å². The van der Waals surface area contributed by atoms with Gasteiger partial charge in [-0.25, -0.2) is 0 Å². The highest BCUT2D eigenvalue weighted by atomic mass is 16.2. The second-order valence-electron chi connectivity index (χ2n) is 7.31. The number of amides is 2. The number of nitrogens with zero attached hydrogens (tertiary/aromatic N) is 1. The first kappa shape index (κ1) is 21.4. The van der Waals surface area contributed by atoms with Gasteiger partial charge in [-0.15, -0.1) is 0 Å². The van der Waals surface area contributed by atoms with Crippen molar-refractivity contribution in [3.63, 3.8) is 0 Å². The van der Waals surface area contributed by atoms with E-state index in [2.05, 4.69) is 26.3 Å². The van der Waals surface area contributed by atoms with Crippen molar-refractivity contribution in [3.8, 4) is 0 Å². The summed E-state index contributed by atoms with van der Waals surface area (Å²) >= 11 is 0. The molecule has 1 unspecified atom stereocenters. The van der Waals surface area contributed by atoms with E-state index in [1.165, 1.54) is 0 Å². The van der Waals surface area contributed by atoms with Crippen molar-refractivity contribution in [2.24, 2.45) is 4.99 Å². The molecule has 158 valence electrons. The fourth-order valence-electron chi connectivity index (χ4n) is 3.45. The number of rotatable bonds is 7. The van der Waals surface area contributed by atoms with Crippen LogP contribution in [0.2, 0.25) is 0 Å². The van der Waals surface area contributed by atoms with E-state index in [1.807, 2.05) is 56.3 Å². The maximum absolute atomic E-state index is 12.2. The number of hydrogen-bond acceptors (Lipinski definition) is 3. The van der Waals surface area contributed by atoms with Crippen molar-refractivity contribution in [3.05, 3.63) is 65.2 Å². The summed E-state index contributed by atoms with van der Waals surface area (Å²) in [5, 5.41) is 12.3. The number of aliphatic imine (C=N–C) groups is 1. The average molecular weight is 408 g/mol. The van der Waals surface area contributed by atoms with Crippen molar-refractivity contribution in [2.75, 3.05) is 31.5 Å². The molecule has 2 aromatic carbocycles. The number of nitrogens with one attached hydrogen (secondary N) is 4. The van der Waals surface area contributed by atoms with Gasteiger partial charge in [0.1, 0.15) is 0 Å². The smallest absolute Gasteiger partial charge is 0.251 e. The molecule has 4 N–H and O–H groups in total. The SMILES string of the molecule is CCNC(=NCC1CC(=O)Nc2ccccc21)NCCNC(=O)c1cccc(C)c1. The second kappa shape index (κ2) is 10.4. The lowest BCUT2D eigenvalue weighted by molar-refractivity contribution is -0.116. The van der Waals surface area contributed by atoms with Crippen LogP contribution in [0.25, 0.3) is 0 Å². The first-order chi connectivity index (χ1) is 14.6. The summed E-state index contributed by atoms with van der Waals surface area (Å²) in [7, 11) is 0. The van der Waals surface area contributed by atoms with E-state index in [9.17, 15) is 9.59 Å². The molecule has 1 aliphatic rings. The lowest BCUT2D eigenvalue weighted by atomic mass is 9.91. The van der Waals surface area contributed by atoms with Gasteiger partial charge < -0.3 is 21.3 Å². The van der Waals surface area contributed by atoms with Gasteiger partial charge in [-0.05, 0) is 37.6 Å². The average Bonchev–Trinajstić information content (AvgIpc) is 2.74. The molecule has 0 spiro atoms. The minimum Gasteiger partial charge on any atom is -0.357 e. The third-order valence-electron chi connectivity index (χ3n) is 4.90. The van der Waals surface area contributed by atoms with E-state index >= 15 is 0 Å². The van der Waals surface area contributed by atoms with E-state index in [-0.39, 0.29) is 17.7 Å². The van der Waals surface area contributed by atoms with Crippen LogP contribution in [0.1, 0.15) is 40.7 Å². The fraction of sp³-hybridized carbons (Fsp3) is 0.348. The number of guanidine groups is 1. The number of carbonyl (C=O) groups is 2. The molecule has 1 aliphatic heterocycles. The summed E-state index contributed by atoms with van der Waals surface area (Å²) in [5.74, 6) is 0.648. The largest absolute Gasteiger partial charge is 0.357 e. The Morgan fingerprint density at radius 3 is 2.70 bits per heavy atom. The van der Waals surface area contributed by atoms with E-state index in [1.54, 1.807) is 6.07 Å². The summed E-state index contributed by atoms with van der Waals surface area (Å²) in [6.45, 7) is 6.22. The number of aryl methyl sites for hydroxylation is 1. The quantitative estimate of drug-likeness (QED) is 0.322. The predicted octanol–water partition coefficient (Wildman–Crippen LogP) is 2.41. The van der Waals surface area contributed by atoms with Crippen LogP contribution in [0, 0.1) is 6.92 Å². The Morgan fingerprint density at radius 2 is 1.90 bits per heavy atom. The normalized spacial score (nSPS) is 15.7. The summed E-state index contributed by atoms with van der Waals surface area (Å²) < 4.78 is 0. The van der Waals surface area contributed by atoms with Crippen LogP contribution in [-0.4, -0.2) is 44.0 Å². The third kappa shape index (κ3) is 5.83. The second-order valence-corrected chi connectivity index (χ2v) is 7.31. The lowest BCUT2D eigenvalue weighted by Gasteiger charge is -2.24. The number of para-hydroxylation sites is 1. The van der Waals surface area contributed by atoms with Crippen LogP contribution < -0.4 is 21.3 Å². The van der Waals surface area contributed by atoms with Crippen molar-refractivity contribution in [1.82, 2.24) is 16.0 Å². The van der Waals surface area contributed by atoms with E-state index in [0.29, 0.717) is 37.6 Å². The van der Waals surface area contributed by atoms with Crippen LogP contribution >= 0.6 is 0 Å². The van der Waals surface area contributed by atoms with Gasteiger partial charge in [0, 0.05) is 43.2 Å². The van der Waals surface area contributed by atoms with Crippen molar-refractivity contribution in [1.29, 1.82) is 0 Å². The molecule has 30 heavy (non-hydrogen) atoms. The van der Waals surface area contributed by atoms with E-state index in [0.717, 1.165) is 23.4 Å². The minimum absolute atomic E-state index is 0.0192. The molecule has 1 heterocycles. The van der Waals surface area contributed by atoms with Gasteiger partial charge in [-0.3, -0.25) is 14.6 Å². The van der Waals surface area contributed by atoms with Gasteiger partial charge in [-0.1, -0.05) is 35.9 Å². The Kier molecular flexibility index (Phi) is 7.43. The Labute approximate surface area is 177 Å². The third-order valence-corrected chi connectivity index (χ3v) is 4.90. The van der Waals surface area contributed by atoms with Crippen LogP contribution in [0.3, 0.4) is 0 Å². The Hall–Kier alpha value is -3.35. The first-order valence-corrected chi connectivity index (χ1v) is 10.3. The molecule has 1 atom stereocenters. The topological polar surface area (TPSA) is 94.6 Å². The Balaban J connectivity index is 1.52. The molecule has 3 rings (SSSR count). The standard InChI is InChI=1S/C23H29N5O2/c1-3-24-23(26-12-11-25-22(30)17-8-6-7-16(2)13-17)27-15-18-14-21(29)28-20-10-5-4-9-19(18)20/h4-10,13,18H,3,11-12,14-15H2,1-2H3,(H,25,30)(H,28,29)(H2,24,26,27). The zero-order valence-electron chi connectivity index (χ0n) is 17.5. The number of carbonyl (C=O) groups excluding carboxylic acids is 2. The number of fused-ring (bicyclic) bond motifs is 1. The Bertz CT molecular complexity index is 925. The molecule has 2 aromatic rings. The highest BCUT2D eigenvalue weighted by Gasteiger charge is 2.24. The zero-order chi connectivity index (χ0) is 21.3. The number of anilines is 1. The molecule has 0 fully saturated rings. The fourth-order valence-corrected chi connectivity index (χ4v) is 3.45. The molecule has 0 saturated heterocycles. The van der Waals surface area contributed by atoms with Crippen molar-refractivity contribution < 1.29 is 9.59 Å². The van der Waals surface area contributed by atoms with Gasteiger partial charge in [0.05, 0.1) is 6.54 Å². The lowest BCUT2D eigenvalue weighted by Crippen LogP contribution is -2.41. The van der Waals surface area contributed by atoms with Crippen molar-refractivity contribution >= 4 is 23.5 Å². The van der Waals surface area contributed by atoms with E-state index < -0.39 is 0 Å². The van der Waals surface area contributed by atoms with E-state index in [4.69, 9.17) is 0 Å². The molecule has 0 bridgehead atoms. The molecule has 7 heteroatoms.